The minimum absolute atomic E-state index is 0.0673. The van der Waals surface area contributed by atoms with E-state index in [1.165, 1.54) is 12.1 Å². The van der Waals surface area contributed by atoms with E-state index in [0.29, 0.717) is 11.6 Å². The van der Waals surface area contributed by atoms with Crippen LogP contribution in [0.4, 0.5) is 26.3 Å². The largest absolute Gasteiger partial charge is 0.487 e. The van der Waals surface area contributed by atoms with Crippen LogP contribution >= 0.6 is 11.6 Å². The maximum absolute atomic E-state index is 13.1. The second kappa shape index (κ2) is 7.13. The van der Waals surface area contributed by atoms with Crippen LogP contribution < -0.4 is 10.5 Å². The van der Waals surface area contributed by atoms with Crippen LogP contribution in [0.15, 0.2) is 36.4 Å². The van der Waals surface area contributed by atoms with E-state index in [-0.39, 0.29) is 23.4 Å². The van der Waals surface area contributed by atoms with Crippen LogP contribution in [0.3, 0.4) is 0 Å². The van der Waals surface area contributed by atoms with E-state index in [1.807, 2.05) is 0 Å². The maximum Gasteiger partial charge on any atom is 0.416 e. The Hall–Kier alpha value is -1.93. The van der Waals surface area contributed by atoms with Crippen LogP contribution in [-0.4, -0.2) is 0 Å². The lowest BCUT2D eigenvalue weighted by Gasteiger charge is -2.17. The van der Waals surface area contributed by atoms with E-state index in [4.69, 9.17) is 22.1 Å². The van der Waals surface area contributed by atoms with E-state index < -0.39 is 35.6 Å². The van der Waals surface area contributed by atoms with E-state index in [0.717, 1.165) is 6.07 Å². The molecule has 0 saturated carbocycles. The molecular formula is C16H12ClF6NO. The van der Waals surface area contributed by atoms with Gasteiger partial charge in [-0.1, -0.05) is 23.7 Å². The van der Waals surface area contributed by atoms with Crippen molar-refractivity contribution in [1.29, 1.82) is 0 Å². The van der Waals surface area contributed by atoms with Gasteiger partial charge in [0.2, 0.25) is 0 Å². The smallest absolute Gasteiger partial charge is 0.416 e. The molecule has 0 atom stereocenters. The van der Waals surface area contributed by atoms with Gasteiger partial charge in [0, 0.05) is 12.1 Å². The molecule has 0 saturated heterocycles. The Morgan fingerprint density at radius 2 is 1.60 bits per heavy atom. The average molecular weight is 384 g/mol. The Morgan fingerprint density at radius 3 is 2.12 bits per heavy atom. The van der Waals surface area contributed by atoms with Crippen LogP contribution in [0.25, 0.3) is 0 Å². The summed E-state index contributed by atoms with van der Waals surface area (Å²) in [6.07, 6.45) is -9.83. The summed E-state index contributed by atoms with van der Waals surface area (Å²) in [7, 11) is 0. The van der Waals surface area contributed by atoms with Crippen LogP contribution in [0.1, 0.15) is 22.3 Å². The molecule has 136 valence electrons. The van der Waals surface area contributed by atoms with Crippen molar-refractivity contribution < 1.29 is 31.1 Å². The third-order valence-corrected chi connectivity index (χ3v) is 3.65. The van der Waals surface area contributed by atoms with E-state index in [1.54, 1.807) is 6.07 Å². The molecule has 0 heterocycles. The van der Waals surface area contributed by atoms with Crippen molar-refractivity contribution in [3.63, 3.8) is 0 Å². The SMILES string of the molecule is NCc1ccc(OCc2ccc(C(F)(F)F)cc2C(F)(F)F)c(Cl)c1. The maximum atomic E-state index is 13.1. The molecule has 0 aliphatic carbocycles. The monoisotopic (exact) mass is 383 g/mol. The molecule has 2 rings (SSSR count). The highest BCUT2D eigenvalue weighted by atomic mass is 35.5. The van der Waals surface area contributed by atoms with Crippen molar-refractivity contribution >= 4 is 11.6 Å². The molecule has 0 fully saturated rings. The Kier molecular flexibility index (Phi) is 5.53. The topological polar surface area (TPSA) is 35.2 Å². The van der Waals surface area contributed by atoms with Gasteiger partial charge in [0.1, 0.15) is 12.4 Å². The quantitative estimate of drug-likeness (QED) is 0.716. The number of hydrogen-bond acceptors (Lipinski definition) is 2. The number of ether oxygens (including phenoxy) is 1. The van der Waals surface area contributed by atoms with E-state index in [2.05, 4.69) is 0 Å². The Bertz CT molecular complexity index is 757. The summed E-state index contributed by atoms with van der Waals surface area (Å²) in [5.41, 5.74) is 2.91. The summed E-state index contributed by atoms with van der Waals surface area (Å²) in [6.45, 7) is -0.369. The molecule has 25 heavy (non-hydrogen) atoms. The highest BCUT2D eigenvalue weighted by Crippen LogP contribution is 2.38. The third kappa shape index (κ3) is 4.79. The van der Waals surface area contributed by atoms with Gasteiger partial charge in [0.15, 0.2) is 0 Å². The first-order chi connectivity index (χ1) is 11.5. The zero-order valence-electron chi connectivity index (χ0n) is 12.5. The molecule has 2 nitrogen and oxygen atoms in total. The van der Waals surface area contributed by atoms with Gasteiger partial charge in [-0.15, -0.1) is 0 Å². The molecule has 0 amide bonds. The normalized spacial score (nSPS) is 12.3. The lowest BCUT2D eigenvalue weighted by molar-refractivity contribution is -0.143. The summed E-state index contributed by atoms with van der Waals surface area (Å²) in [5, 5.41) is 0.142. The molecule has 0 aromatic heterocycles. The molecule has 0 bridgehead atoms. The Morgan fingerprint density at radius 1 is 0.920 bits per heavy atom. The van der Waals surface area contributed by atoms with Crippen LogP contribution in [0.2, 0.25) is 5.02 Å². The van der Waals surface area contributed by atoms with Crippen LogP contribution in [-0.2, 0) is 25.5 Å². The van der Waals surface area contributed by atoms with Crippen LogP contribution in [0, 0.1) is 0 Å². The van der Waals surface area contributed by atoms with Gasteiger partial charge in [-0.2, -0.15) is 26.3 Å². The fourth-order valence-electron chi connectivity index (χ4n) is 2.09. The van der Waals surface area contributed by atoms with Gasteiger partial charge in [-0.05, 0) is 29.8 Å². The number of alkyl halides is 6. The standard InChI is InChI=1S/C16H12ClF6NO/c17-13-5-9(7-24)1-4-14(13)25-8-10-2-3-11(15(18,19)20)6-12(10)16(21,22)23/h1-6H,7-8,24H2. The first kappa shape index (κ1) is 19.4. The first-order valence-corrected chi connectivity index (χ1v) is 7.29. The zero-order valence-corrected chi connectivity index (χ0v) is 13.3. The van der Waals surface area contributed by atoms with Gasteiger partial charge in [-0.3, -0.25) is 0 Å². The molecular weight excluding hydrogens is 372 g/mol. The Balaban J connectivity index is 2.30. The molecule has 0 unspecified atom stereocenters. The number of rotatable bonds is 4. The minimum atomic E-state index is -4.95. The second-order valence-corrected chi connectivity index (χ2v) is 5.53. The Labute approximate surface area is 144 Å². The predicted molar refractivity (Wildman–Crippen MR) is 80.1 cm³/mol. The van der Waals surface area contributed by atoms with Crippen molar-refractivity contribution in [2.75, 3.05) is 0 Å². The number of hydrogen-bond donors (Lipinski definition) is 1. The van der Waals surface area contributed by atoms with Crippen molar-refractivity contribution in [3.05, 3.63) is 63.7 Å². The van der Waals surface area contributed by atoms with E-state index >= 15 is 0 Å². The lowest BCUT2D eigenvalue weighted by atomic mass is 10.0. The molecule has 2 N–H and O–H groups in total. The molecule has 9 heteroatoms. The second-order valence-electron chi connectivity index (χ2n) is 5.13. The third-order valence-electron chi connectivity index (χ3n) is 3.36. The molecule has 2 aromatic carbocycles. The zero-order chi connectivity index (χ0) is 18.8. The highest BCUT2D eigenvalue weighted by Gasteiger charge is 2.38. The number of nitrogens with two attached hydrogens (primary N) is 1. The van der Waals surface area contributed by atoms with Gasteiger partial charge in [0.05, 0.1) is 16.1 Å². The van der Waals surface area contributed by atoms with Crippen LogP contribution in [0.5, 0.6) is 5.75 Å². The number of benzene rings is 2. The van der Waals surface area contributed by atoms with Gasteiger partial charge in [0.25, 0.3) is 0 Å². The molecule has 0 aliphatic rings. The lowest BCUT2D eigenvalue weighted by Crippen LogP contribution is -2.14. The summed E-state index contributed by atoms with van der Waals surface area (Å²) in [4.78, 5) is 0. The predicted octanol–water partition coefficient (Wildman–Crippen LogP) is 5.42. The van der Waals surface area contributed by atoms with Crippen molar-refractivity contribution in [2.45, 2.75) is 25.5 Å². The van der Waals surface area contributed by atoms with Gasteiger partial charge < -0.3 is 10.5 Å². The molecule has 2 aromatic rings. The first-order valence-electron chi connectivity index (χ1n) is 6.91. The van der Waals surface area contributed by atoms with Crippen molar-refractivity contribution in [2.24, 2.45) is 5.73 Å². The highest BCUT2D eigenvalue weighted by molar-refractivity contribution is 6.32. The van der Waals surface area contributed by atoms with Crippen molar-refractivity contribution in [1.82, 2.24) is 0 Å². The molecule has 0 spiro atoms. The summed E-state index contributed by atoms with van der Waals surface area (Å²) < 4.78 is 82.3. The summed E-state index contributed by atoms with van der Waals surface area (Å²) in [6, 6.07) is 5.90. The minimum Gasteiger partial charge on any atom is -0.487 e. The molecule has 0 radical (unpaired) electrons. The number of halogens is 7. The van der Waals surface area contributed by atoms with E-state index in [9.17, 15) is 26.3 Å². The fraction of sp³-hybridized carbons (Fsp3) is 0.250. The fourth-order valence-corrected chi connectivity index (χ4v) is 2.34. The van der Waals surface area contributed by atoms with Gasteiger partial charge >= 0.3 is 12.4 Å². The summed E-state index contributed by atoms with van der Waals surface area (Å²) >= 11 is 5.94. The van der Waals surface area contributed by atoms with Gasteiger partial charge in [-0.25, -0.2) is 0 Å². The summed E-state index contributed by atoms with van der Waals surface area (Å²) in [5.74, 6) is 0.104. The van der Waals surface area contributed by atoms with Crippen molar-refractivity contribution in [3.8, 4) is 5.75 Å². The molecule has 0 aliphatic heterocycles. The average Bonchev–Trinajstić information content (AvgIpc) is 2.51.